The first kappa shape index (κ1) is 14.6. The quantitative estimate of drug-likeness (QED) is 0.767. The summed E-state index contributed by atoms with van der Waals surface area (Å²) in [6.07, 6.45) is 0.289. The minimum atomic E-state index is -0.327. The number of halogens is 1. The Labute approximate surface area is 124 Å². The molecule has 2 aromatic carbocycles. The van der Waals surface area contributed by atoms with Gasteiger partial charge in [-0.3, -0.25) is 4.79 Å². The number of carbonyl (C=O) groups is 1. The second-order valence-electron chi connectivity index (χ2n) is 4.75. The van der Waals surface area contributed by atoms with E-state index in [9.17, 15) is 4.79 Å². The third kappa shape index (κ3) is 3.40. The summed E-state index contributed by atoms with van der Waals surface area (Å²) >= 11 is 5.61. The van der Waals surface area contributed by atoms with Crippen LogP contribution in [0.1, 0.15) is 29.0 Å². The van der Waals surface area contributed by atoms with Gasteiger partial charge in [-0.1, -0.05) is 42.5 Å². The highest BCUT2D eigenvalue weighted by molar-refractivity contribution is 6.63. The highest BCUT2D eigenvalue weighted by atomic mass is 35.5. The van der Waals surface area contributed by atoms with E-state index in [-0.39, 0.29) is 17.6 Å². The van der Waals surface area contributed by atoms with E-state index in [1.807, 2.05) is 49.4 Å². The maximum absolute atomic E-state index is 11.3. The highest BCUT2D eigenvalue weighted by Gasteiger charge is 2.18. The van der Waals surface area contributed by atoms with Crippen molar-refractivity contribution in [2.45, 2.75) is 19.3 Å². The predicted octanol–water partition coefficient (Wildman–Crippen LogP) is 4.29. The van der Waals surface area contributed by atoms with Gasteiger partial charge in [0.2, 0.25) is 5.24 Å². The molecule has 0 radical (unpaired) electrons. The molecule has 0 fully saturated rings. The lowest BCUT2D eigenvalue weighted by Crippen LogP contribution is -2.05. The Morgan fingerprint density at radius 2 is 1.85 bits per heavy atom. The minimum Gasteiger partial charge on any atom is -0.496 e. The van der Waals surface area contributed by atoms with E-state index < -0.39 is 0 Å². The first-order valence-electron chi connectivity index (χ1n) is 6.49. The van der Waals surface area contributed by atoms with Crippen LogP contribution >= 0.6 is 11.6 Å². The van der Waals surface area contributed by atoms with E-state index in [1.165, 1.54) is 0 Å². The third-order valence-electron chi connectivity index (χ3n) is 3.39. The lowest BCUT2D eigenvalue weighted by atomic mass is 9.88. The van der Waals surface area contributed by atoms with Gasteiger partial charge in [-0.2, -0.15) is 0 Å². The molecule has 0 saturated heterocycles. The molecule has 3 heteroatoms. The summed E-state index contributed by atoms with van der Waals surface area (Å²) in [5.74, 6) is 0.823. The van der Waals surface area contributed by atoms with Crippen LogP contribution in [0.15, 0.2) is 48.5 Å². The molecular weight excluding hydrogens is 272 g/mol. The summed E-state index contributed by atoms with van der Waals surface area (Å²) in [6.45, 7) is 1.99. The minimum absolute atomic E-state index is 0.0224. The fourth-order valence-corrected chi connectivity index (χ4v) is 2.55. The fraction of sp³-hybridized carbons (Fsp3) is 0.235. The Morgan fingerprint density at radius 3 is 2.40 bits per heavy atom. The Bertz CT molecular complexity index is 593. The Hall–Kier alpha value is -1.80. The van der Waals surface area contributed by atoms with Crippen molar-refractivity contribution in [1.82, 2.24) is 0 Å². The molecule has 0 unspecified atom stereocenters. The first-order valence-corrected chi connectivity index (χ1v) is 6.87. The molecule has 0 spiro atoms. The zero-order valence-electron chi connectivity index (χ0n) is 11.6. The van der Waals surface area contributed by atoms with Gasteiger partial charge in [-0.15, -0.1) is 0 Å². The molecule has 0 bridgehead atoms. The largest absolute Gasteiger partial charge is 0.496 e. The third-order valence-corrected chi connectivity index (χ3v) is 3.54. The molecule has 20 heavy (non-hydrogen) atoms. The van der Waals surface area contributed by atoms with Crippen LogP contribution in [0.5, 0.6) is 5.75 Å². The van der Waals surface area contributed by atoms with Crippen LogP contribution in [-0.2, 0) is 4.79 Å². The molecule has 0 aliphatic carbocycles. The van der Waals surface area contributed by atoms with Crippen LogP contribution in [-0.4, -0.2) is 12.4 Å². The van der Waals surface area contributed by atoms with Gasteiger partial charge in [-0.05, 0) is 41.3 Å². The molecule has 2 rings (SSSR count). The molecule has 0 saturated carbocycles. The summed E-state index contributed by atoms with van der Waals surface area (Å²) in [7, 11) is 1.65. The maximum Gasteiger partial charge on any atom is 0.222 e. The summed E-state index contributed by atoms with van der Waals surface area (Å²) < 4.78 is 5.27. The lowest BCUT2D eigenvalue weighted by Gasteiger charge is -2.17. The average Bonchev–Trinajstić information content (AvgIpc) is 2.45. The molecule has 0 aliphatic heterocycles. The molecule has 0 heterocycles. The van der Waals surface area contributed by atoms with Gasteiger partial charge >= 0.3 is 0 Å². The molecule has 2 aromatic rings. The number of methoxy groups -OCH3 is 1. The number of hydrogen-bond donors (Lipinski definition) is 0. The normalized spacial score (nSPS) is 11.9. The van der Waals surface area contributed by atoms with Gasteiger partial charge < -0.3 is 4.74 Å². The van der Waals surface area contributed by atoms with E-state index in [0.29, 0.717) is 0 Å². The van der Waals surface area contributed by atoms with Gasteiger partial charge in [-0.25, -0.2) is 0 Å². The molecule has 0 aromatic heterocycles. The van der Waals surface area contributed by atoms with Crippen molar-refractivity contribution >= 4 is 16.8 Å². The molecule has 1 atom stereocenters. The van der Waals surface area contributed by atoms with Crippen LogP contribution in [0.25, 0.3) is 0 Å². The smallest absolute Gasteiger partial charge is 0.222 e. The average molecular weight is 289 g/mol. The molecule has 0 amide bonds. The van der Waals surface area contributed by atoms with Crippen molar-refractivity contribution in [3.8, 4) is 5.75 Å². The number of benzene rings is 2. The van der Waals surface area contributed by atoms with Crippen molar-refractivity contribution in [2.75, 3.05) is 7.11 Å². The standard InChI is InChI=1S/C17H17ClO2/c1-12-10-14(8-9-16(12)20-2)15(11-17(18)19)13-6-4-3-5-7-13/h3-10,15H,11H2,1-2H3/t15-/m0/s1. The van der Waals surface area contributed by atoms with E-state index in [4.69, 9.17) is 16.3 Å². The Kier molecular flexibility index (Phi) is 4.80. The van der Waals surface area contributed by atoms with Gasteiger partial charge in [0, 0.05) is 12.3 Å². The van der Waals surface area contributed by atoms with Crippen LogP contribution in [0, 0.1) is 6.92 Å². The van der Waals surface area contributed by atoms with Gasteiger partial charge in [0.15, 0.2) is 0 Å². The van der Waals surface area contributed by atoms with Crippen molar-refractivity contribution in [3.63, 3.8) is 0 Å². The van der Waals surface area contributed by atoms with Crippen LogP contribution < -0.4 is 4.74 Å². The predicted molar refractivity (Wildman–Crippen MR) is 81.5 cm³/mol. The molecule has 2 nitrogen and oxygen atoms in total. The maximum atomic E-state index is 11.3. The first-order chi connectivity index (χ1) is 9.61. The monoisotopic (exact) mass is 288 g/mol. The second kappa shape index (κ2) is 6.58. The summed E-state index contributed by atoms with van der Waals surface area (Å²) in [5, 5.41) is -0.327. The number of rotatable bonds is 5. The Morgan fingerprint density at radius 1 is 1.15 bits per heavy atom. The topological polar surface area (TPSA) is 26.3 Å². The second-order valence-corrected chi connectivity index (χ2v) is 5.17. The fourth-order valence-electron chi connectivity index (χ4n) is 2.39. The number of hydrogen-bond acceptors (Lipinski definition) is 2. The number of ether oxygens (including phenoxy) is 1. The van der Waals surface area contributed by atoms with Crippen molar-refractivity contribution in [1.29, 1.82) is 0 Å². The zero-order chi connectivity index (χ0) is 14.5. The molecule has 0 N–H and O–H groups in total. The van der Waals surface area contributed by atoms with Crippen molar-refractivity contribution < 1.29 is 9.53 Å². The van der Waals surface area contributed by atoms with Crippen molar-refractivity contribution in [2.24, 2.45) is 0 Å². The van der Waals surface area contributed by atoms with E-state index in [2.05, 4.69) is 6.07 Å². The molecular formula is C17H17ClO2. The van der Waals surface area contributed by atoms with Crippen LogP contribution in [0.2, 0.25) is 0 Å². The highest BCUT2D eigenvalue weighted by Crippen LogP contribution is 2.31. The SMILES string of the molecule is COc1ccc([C@@H](CC(=O)Cl)c2ccccc2)cc1C. The van der Waals surface area contributed by atoms with Crippen molar-refractivity contribution in [3.05, 3.63) is 65.2 Å². The van der Waals surface area contributed by atoms with Gasteiger partial charge in [0.1, 0.15) is 5.75 Å². The summed E-state index contributed by atoms with van der Waals surface area (Å²) in [4.78, 5) is 11.3. The van der Waals surface area contributed by atoms with Crippen LogP contribution in [0.3, 0.4) is 0 Å². The molecule has 0 aliphatic rings. The Balaban J connectivity index is 2.41. The van der Waals surface area contributed by atoms with Crippen LogP contribution in [0.4, 0.5) is 0 Å². The molecule has 104 valence electrons. The van der Waals surface area contributed by atoms with E-state index >= 15 is 0 Å². The summed E-state index contributed by atoms with van der Waals surface area (Å²) in [6, 6.07) is 15.9. The summed E-state index contributed by atoms with van der Waals surface area (Å²) in [5.41, 5.74) is 3.21. The van der Waals surface area contributed by atoms with Gasteiger partial charge in [0.05, 0.1) is 7.11 Å². The lowest BCUT2D eigenvalue weighted by molar-refractivity contribution is -0.111. The number of carbonyl (C=O) groups excluding carboxylic acids is 1. The zero-order valence-corrected chi connectivity index (χ0v) is 12.4. The van der Waals surface area contributed by atoms with E-state index in [0.717, 1.165) is 22.4 Å². The number of aryl methyl sites for hydroxylation is 1. The van der Waals surface area contributed by atoms with E-state index in [1.54, 1.807) is 7.11 Å². The van der Waals surface area contributed by atoms with Gasteiger partial charge in [0.25, 0.3) is 0 Å².